The van der Waals surface area contributed by atoms with Crippen molar-refractivity contribution in [2.45, 2.75) is 50.3 Å². The molecule has 0 saturated heterocycles. The van der Waals surface area contributed by atoms with E-state index in [1.165, 1.54) is 4.31 Å². The molecule has 1 N–H and O–H groups in total. The van der Waals surface area contributed by atoms with E-state index in [2.05, 4.69) is 6.58 Å². The number of aryl methyl sites for hydroxylation is 1. The van der Waals surface area contributed by atoms with Gasteiger partial charge >= 0.3 is 0 Å². The number of aromatic nitrogens is 1. The van der Waals surface area contributed by atoms with Gasteiger partial charge in [-0.1, -0.05) is 13.0 Å². The van der Waals surface area contributed by atoms with Crippen LogP contribution < -0.4 is 0 Å². The number of hydrogen-bond donors (Lipinski definition) is 1. The molecule has 2 rings (SSSR count). The summed E-state index contributed by atoms with van der Waals surface area (Å²) in [5, 5.41) is 9.34. The molecular weight excluding hydrogens is 276 g/mol. The predicted molar refractivity (Wildman–Crippen MR) is 77.8 cm³/mol. The minimum absolute atomic E-state index is 0.102. The first-order chi connectivity index (χ1) is 9.54. The van der Waals surface area contributed by atoms with Gasteiger partial charge in [0.05, 0.1) is 6.61 Å². The maximum atomic E-state index is 12.7. The minimum atomic E-state index is -3.50. The second-order valence-electron chi connectivity index (χ2n) is 5.11. The Labute approximate surface area is 120 Å². The van der Waals surface area contributed by atoms with Gasteiger partial charge in [-0.25, -0.2) is 8.42 Å². The largest absolute Gasteiger partial charge is 0.390 e. The number of aliphatic hydroxyl groups excluding tert-OH is 1. The van der Waals surface area contributed by atoms with E-state index in [9.17, 15) is 13.5 Å². The lowest BCUT2D eigenvalue weighted by Gasteiger charge is -2.19. The van der Waals surface area contributed by atoms with Crippen molar-refractivity contribution in [3.63, 3.8) is 0 Å². The lowest BCUT2D eigenvalue weighted by atomic mass is 10.4. The summed E-state index contributed by atoms with van der Waals surface area (Å²) < 4.78 is 28.7. The van der Waals surface area contributed by atoms with E-state index in [0.717, 1.165) is 19.3 Å². The summed E-state index contributed by atoms with van der Waals surface area (Å²) in [7, 11) is -3.50. The van der Waals surface area contributed by atoms with E-state index in [-0.39, 0.29) is 17.5 Å². The Morgan fingerprint density at radius 1 is 1.55 bits per heavy atom. The molecule has 0 aliphatic heterocycles. The van der Waals surface area contributed by atoms with E-state index in [1.54, 1.807) is 18.3 Å². The van der Waals surface area contributed by atoms with Crippen molar-refractivity contribution in [1.82, 2.24) is 8.87 Å². The van der Waals surface area contributed by atoms with Gasteiger partial charge in [-0.3, -0.25) is 0 Å². The highest BCUT2D eigenvalue weighted by molar-refractivity contribution is 7.89. The third kappa shape index (κ3) is 2.97. The van der Waals surface area contributed by atoms with Gasteiger partial charge in [0.1, 0.15) is 4.90 Å². The Hall–Kier alpha value is -1.11. The summed E-state index contributed by atoms with van der Waals surface area (Å²) >= 11 is 0. The van der Waals surface area contributed by atoms with E-state index < -0.39 is 10.0 Å². The number of nitrogens with zero attached hydrogens (tertiary/aromatic N) is 2. The maximum absolute atomic E-state index is 12.7. The molecule has 0 unspecified atom stereocenters. The Bertz CT molecular complexity index is 573. The van der Waals surface area contributed by atoms with Gasteiger partial charge in [0.2, 0.25) is 10.0 Å². The van der Waals surface area contributed by atoms with E-state index in [0.29, 0.717) is 18.8 Å². The summed E-state index contributed by atoms with van der Waals surface area (Å²) in [6, 6.07) is 1.67. The van der Waals surface area contributed by atoms with Gasteiger partial charge in [0.15, 0.2) is 0 Å². The molecule has 0 spiro atoms. The summed E-state index contributed by atoms with van der Waals surface area (Å²) in [4.78, 5) is 0.267. The highest BCUT2D eigenvalue weighted by Gasteiger charge is 2.37. The van der Waals surface area contributed by atoms with Crippen LogP contribution in [-0.2, 0) is 23.2 Å². The van der Waals surface area contributed by atoms with Crippen LogP contribution in [0.3, 0.4) is 0 Å². The molecule has 0 bridgehead atoms. The fraction of sp³-hybridized carbons (Fsp3) is 0.571. The van der Waals surface area contributed by atoms with E-state index >= 15 is 0 Å². The highest BCUT2D eigenvalue weighted by Crippen LogP contribution is 2.32. The van der Waals surface area contributed by atoms with Crippen molar-refractivity contribution >= 4 is 10.0 Å². The molecule has 112 valence electrons. The first-order valence-electron chi connectivity index (χ1n) is 6.97. The van der Waals surface area contributed by atoms with Crippen LogP contribution in [0.1, 0.15) is 31.9 Å². The lowest BCUT2D eigenvalue weighted by molar-refractivity contribution is 0.270. The van der Waals surface area contributed by atoms with Gasteiger partial charge in [0.25, 0.3) is 0 Å². The highest BCUT2D eigenvalue weighted by atomic mass is 32.2. The van der Waals surface area contributed by atoms with Crippen molar-refractivity contribution in [1.29, 1.82) is 0 Å². The second kappa shape index (κ2) is 6.11. The monoisotopic (exact) mass is 298 g/mol. The van der Waals surface area contributed by atoms with E-state index in [4.69, 9.17) is 0 Å². The molecule has 0 amide bonds. The normalized spacial score (nSPS) is 15.8. The molecule has 6 heteroatoms. The maximum Gasteiger partial charge on any atom is 0.245 e. The van der Waals surface area contributed by atoms with Crippen molar-refractivity contribution < 1.29 is 13.5 Å². The SMILES string of the molecule is C=CCN(C1CC1)S(=O)(=O)c1cc(CO)n(CCC)c1. The van der Waals surface area contributed by atoms with Gasteiger partial charge in [-0.05, 0) is 25.3 Å². The Kier molecular flexibility index (Phi) is 4.67. The molecule has 1 heterocycles. The Morgan fingerprint density at radius 3 is 2.75 bits per heavy atom. The number of aliphatic hydroxyl groups is 1. The number of sulfonamides is 1. The first kappa shape index (κ1) is 15.3. The topological polar surface area (TPSA) is 62.5 Å². The summed E-state index contributed by atoms with van der Waals surface area (Å²) in [6.45, 7) is 6.54. The molecule has 1 saturated carbocycles. The molecule has 20 heavy (non-hydrogen) atoms. The molecule has 1 aliphatic carbocycles. The fourth-order valence-corrected chi connectivity index (χ4v) is 4.04. The summed E-state index contributed by atoms with van der Waals surface area (Å²) in [6.07, 6.45) is 5.96. The van der Waals surface area contributed by atoms with Crippen LogP contribution in [0.5, 0.6) is 0 Å². The van der Waals surface area contributed by atoms with Crippen LogP contribution >= 0.6 is 0 Å². The quantitative estimate of drug-likeness (QED) is 0.743. The van der Waals surface area contributed by atoms with Crippen LogP contribution in [0.15, 0.2) is 29.8 Å². The minimum Gasteiger partial charge on any atom is -0.390 e. The van der Waals surface area contributed by atoms with Gasteiger partial charge in [-0.2, -0.15) is 4.31 Å². The molecule has 1 fully saturated rings. The average Bonchev–Trinajstić information content (AvgIpc) is 3.16. The van der Waals surface area contributed by atoms with Crippen molar-refractivity contribution in [3.05, 3.63) is 30.6 Å². The second-order valence-corrected chi connectivity index (χ2v) is 7.00. The average molecular weight is 298 g/mol. The first-order valence-corrected chi connectivity index (χ1v) is 8.41. The van der Waals surface area contributed by atoms with Crippen molar-refractivity contribution in [3.8, 4) is 0 Å². The molecular formula is C14H22N2O3S. The third-order valence-electron chi connectivity index (χ3n) is 3.46. The fourth-order valence-electron chi connectivity index (χ4n) is 2.32. The van der Waals surface area contributed by atoms with Crippen LogP contribution in [-0.4, -0.2) is 35.0 Å². The van der Waals surface area contributed by atoms with Gasteiger partial charge in [0, 0.05) is 31.0 Å². The predicted octanol–water partition coefficient (Wildman–Crippen LogP) is 1.73. The Balaban J connectivity index is 2.34. The molecule has 0 radical (unpaired) electrons. The van der Waals surface area contributed by atoms with Crippen LogP contribution in [0.25, 0.3) is 0 Å². The summed E-state index contributed by atoms with van der Waals surface area (Å²) in [5.41, 5.74) is 0.639. The van der Waals surface area contributed by atoms with Crippen LogP contribution in [0, 0.1) is 0 Å². The number of hydrogen-bond acceptors (Lipinski definition) is 3. The third-order valence-corrected chi connectivity index (χ3v) is 5.34. The standard InChI is InChI=1S/C14H22N2O3S/c1-3-7-15-10-14(9-13(15)11-17)20(18,19)16(8-4-2)12-5-6-12/h4,9-10,12,17H,2-3,5-8,11H2,1H3. The molecule has 1 aliphatic rings. The lowest BCUT2D eigenvalue weighted by Crippen LogP contribution is -2.33. The smallest absolute Gasteiger partial charge is 0.245 e. The zero-order valence-corrected chi connectivity index (χ0v) is 12.6. The van der Waals surface area contributed by atoms with Crippen LogP contribution in [0.2, 0.25) is 0 Å². The molecule has 0 atom stereocenters. The van der Waals surface area contributed by atoms with Crippen molar-refractivity contribution in [2.75, 3.05) is 6.54 Å². The zero-order chi connectivity index (χ0) is 14.8. The van der Waals surface area contributed by atoms with Gasteiger partial charge in [-0.15, -0.1) is 6.58 Å². The number of rotatable bonds is 8. The molecule has 5 nitrogen and oxygen atoms in total. The molecule has 0 aromatic carbocycles. The van der Waals surface area contributed by atoms with Crippen molar-refractivity contribution in [2.24, 2.45) is 0 Å². The van der Waals surface area contributed by atoms with E-state index in [1.807, 2.05) is 11.5 Å². The molecule has 1 aromatic rings. The van der Waals surface area contributed by atoms with Gasteiger partial charge < -0.3 is 9.67 Å². The molecule has 1 aromatic heterocycles. The Morgan fingerprint density at radius 2 is 2.25 bits per heavy atom. The van der Waals surface area contributed by atoms with Crippen LogP contribution in [0.4, 0.5) is 0 Å². The summed E-state index contributed by atoms with van der Waals surface area (Å²) in [5.74, 6) is 0. The zero-order valence-electron chi connectivity index (χ0n) is 11.8.